The summed E-state index contributed by atoms with van der Waals surface area (Å²) in [5, 5.41) is 8.94. The van der Waals surface area contributed by atoms with Gasteiger partial charge in [-0.25, -0.2) is 0 Å². The molecular weight excluding hydrogens is 316 g/mol. The van der Waals surface area contributed by atoms with Crippen LogP contribution in [-0.4, -0.2) is 11.7 Å². The molecule has 0 aromatic rings. The number of hydrogen-bond acceptors (Lipinski definition) is 1. The lowest BCUT2D eigenvalue weighted by atomic mass is 9.72. The van der Waals surface area contributed by atoms with Gasteiger partial charge in [0, 0.05) is 0 Å². The molecule has 26 heavy (non-hydrogen) atoms. The van der Waals surface area contributed by atoms with Gasteiger partial charge in [0.05, 0.1) is 6.61 Å². The topological polar surface area (TPSA) is 20.2 Å². The molecule has 0 fully saturated rings. The second-order valence-corrected chi connectivity index (χ2v) is 8.00. The fraction of sp³-hybridized carbons (Fsp3) is 0.440. The first kappa shape index (κ1) is 22.2. The van der Waals surface area contributed by atoms with E-state index in [2.05, 4.69) is 71.1 Å². The molecule has 0 aromatic heterocycles. The van der Waals surface area contributed by atoms with Gasteiger partial charge in [-0.05, 0) is 63.5 Å². The van der Waals surface area contributed by atoms with Crippen molar-refractivity contribution in [3.8, 4) is 0 Å². The highest BCUT2D eigenvalue weighted by atomic mass is 16.3. The Morgan fingerprint density at radius 3 is 2.23 bits per heavy atom. The molecule has 1 heteroatoms. The van der Waals surface area contributed by atoms with Gasteiger partial charge in [-0.15, -0.1) is 0 Å². The van der Waals surface area contributed by atoms with Crippen molar-refractivity contribution < 1.29 is 5.11 Å². The number of aliphatic hydroxyl groups is 1. The van der Waals surface area contributed by atoms with Gasteiger partial charge in [0.25, 0.3) is 0 Å². The molecule has 0 aromatic carbocycles. The molecule has 1 N–H and O–H groups in total. The van der Waals surface area contributed by atoms with Crippen LogP contribution in [0.15, 0.2) is 82.5 Å². The lowest BCUT2D eigenvalue weighted by molar-refractivity contribution is 0.331. The third-order valence-electron chi connectivity index (χ3n) is 4.87. The minimum atomic E-state index is 0.109. The van der Waals surface area contributed by atoms with Gasteiger partial charge in [-0.1, -0.05) is 85.3 Å². The van der Waals surface area contributed by atoms with E-state index in [1.807, 2.05) is 25.2 Å². The van der Waals surface area contributed by atoms with Crippen molar-refractivity contribution in [1.82, 2.24) is 0 Å². The average molecular weight is 353 g/mol. The molecule has 0 spiro atoms. The van der Waals surface area contributed by atoms with Gasteiger partial charge in [0.2, 0.25) is 0 Å². The first-order valence-corrected chi connectivity index (χ1v) is 9.61. The normalized spacial score (nSPS) is 20.2. The van der Waals surface area contributed by atoms with Crippen molar-refractivity contribution in [2.75, 3.05) is 6.61 Å². The molecule has 1 aliphatic carbocycles. The van der Waals surface area contributed by atoms with Crippen LogP contribution in [0.1, 0.15) is 60.8 Å². The van der Waals surface area contributed by atoms with Crippen LogP contribution in [0.3, 0.4) is 0 Å². The summed E-state index contributed by atoms with van der Waals surface area (Å²) in [5.41, 5.74) is 6.75. The first-order chi connectivity index (χ1) is 12.3. The van der Waals surface area contributed by atoms with Crippen molar-refractivity contribution in [2.45, 2.75) is 60.8 Å². The Kier molecular flexibility index (Phi) is 9.37. The zero-order valence-corrected chi connectivity index (χ0v) is 17.5. The smallest absolute Gasteiger partial charge is 0.0642 e. The lowest BCUT2D eigenvalue weighted by Gasteiger charge is -2.32. The molecule has 1 rings (SSSR count). The maximum absolute atomic E-state index is 8.94. The number of allylic oxidation sites excluding steroid dienone is 13. The first-order valence-electron chi connectivity index (χ1n) is 9.61. The highest BCUT2D eigenvalue weighted by Crippen LogP contribution is 2.40. The molecule has 0 unspecified atom stereocenters. The summed E-state index contributed by atoms with van der Waals surface area (Å²) in [7, 11) is 0. The predicted molar refractivity (Wildman–Crippen MR) is 116 cm³/mol. The van der Waals surface area contributed by atoms with E-state index in [1.54, 1.807) is 0 Å². The second kappa shape index (κ2) is 11.0. The van der Waals surface area contributed by atoms with Crippen molar-refractivity contribution in [3.05, 3.63) is 82.5 Å². The molecule has 0 atom stereocenters. The molecular formula is C25H36O. The maximum atomic E-state index is 8.94. The third-order valence-corrected chi connectivity index (χ3v) is 4.87. The Balaban J connectivity index is 2.69. The lowest BCUT2D eigenvalue weighted by Crippen LogP contribution is -2.19. The van der Waals surface area contributed by atoms with E-state index >= 15 is 0 Å². The SMILES string of the molecule is CC1=C(/C=C/C(C)=C/C=C/C(C)=C/C=C/C=C(\C)CO)C(C)(C)CCC1. The second-order valence-electron chi connectivity index (χ2n) is 8.00. The average Bonchev–Trinajstić information content (AvgIpc) is 2.57. The Labute approximate surface area is 160 Å². The summed E-state index contributed by atoms with van der Waals surface area (Å²) < 4.78 is 0. The summed E-state index contributed by atoms with van der Waals surface area (Å²) >= 11 is 0. The van der Waals surface area contributed by atoms with Crippen molar-refractivity contribution in [1.29, 1.82) is 0 Å². The Morgan fingerprint density at radius 2 is 1.58 bits per heavy atom. The van der Waals surface area contributed by atoms with Gasteiger partial charge < -0.3 is 5.11 Å². The molecule has 0 heterocycles. The molecule has 0 saturated carbocycles. The van der Waals surface area contributed by atoms with E-state index in [-0.39, 0.29) is 6.61 Å². The van der Waals surface area contributed by atoms with Gasteiger partial charge in [0.15, 0.2) is 0 Å². The van der Waals surface area contributed by atoms with Crippen molar-refractivity contribution in [3.63, 3.8) is 0 Å². The van der Waals surface area contributed by atoms with Crippen LogP contribution in [0, 0.1) is 5.41 Å². The number of rotatable bonds is 7. The number of aliphatic hydroxyl groups excluding tert-OH is 1. The van der Waals surface area contributed by atoms with Crippen LogP contribution >= 0.6 is 0 Å². The zero-order valence-electron chi connectivity index (χ0n) is 17.5. The summed E-state index contributed by atoms with van der Waals surface area (Å²) in [6.45, 7) is 13.2. The molecule has 0 aliphatic heterocycles. The van der Waals surface area contributed by atoms with Gasteiger partial charge in [-0.2, -0.15) is 0 Å². The summed E-state index contributed by atoms with van der Waals surface area (Å²) in [6.07, 6.45) is 22.7. The zero-order chi connectivity index (χ0) is 19.6. The Hall–Kier alpha value is -1.86. The molecule has 0 amide bonds. The summed E-state index contributed by atoms with van der Waals surface area (Å²) in [5.74, 6) is 0. The van der Waals surface area contributed by atoms with Crippen LogP contribution in [-0.2, 0) is 0 Å². The van der Waals surface area contributed by atoms with E-state index in [9.17, 15) is 0 Å². The van der Waals surface area contributed by atoms with Crippen LogP contribution in [0.4, 0.5) is 0 Å². The quantitative estimate of drug-likeness (QED) is 0.488. The van der Waals surface area contributed by atoms with E-state index in [4.69, 9.17) is 5.11 Å². The van der Waals surface area contributed by atoms with Crippen LogP contribution in [0.2, 0.25) is 0 Å². The van der Waals surface area contributed by atoms with E-state index in [0.29, 0.717) is 5.41 Å². The molecule has 142 valence electrons. The monoisotopic (exact) mass is 352 g/mol. The fourth-order valence-electron chi connectivity index (χ4n) is 3.17. The van der Waals surface area contributed by atoms with Crippen molar-refractivity contribution in [2.24, 2.45) is 5.41 Å². The Morgan fingerprint density at radius 1 is 0.962 bits per heavy atom. The highest BCUT2D eigenvalue weighted by molar-refractivity contribution is 5.37. The van der Waals surface area contributed by atoms with E-state index in [0.717, 1.165) is 5.57 Å². The molecule has 0 saturated heterocycles. The van der Waals surface area contributed by atoms with E-state index < -0.39 is 0 Å². The fourth-order valence-corrected chi connectivity index (χ4v) is 3.17. The van der Waals surface area contributed by atoms with Crippen LogP contribution in [0.25, 0.3) is 0 Å². The number of hydrogen-bond donors (Lipinski definition) is 1. The summed E-state index contributed by atoms with van der Waals surface area (Å²) in [6, 6.07) is 0. The minimum absolute atomic E-state index is 0.109. The molecule has 0 radical (unpaired) electrons. The van der Waals surface area contributed by atoms with Gasteiger partial charge in [-0.3, -0.25) is 0 Å². The Bertz CT molecular complexity index is 673. The van der Waals surface area contributed by atoms with Gasteiger partial charge >= 0.3 is 0 Å². The molecule has 0 bridgehead atoms. The van der Waals surface area contributed by atoms with Gasteiger partial charge in [0.1, 0.15) is 0 Å². The maximum Gasteiger partial charge on any atom is 0.0642 e. The molecule has 1 aliphatic rings. The van der Waals surface area contributed by atoms with E-state index in [1.165, 1.54) is 41.6 Å². The summed E-state index contributed by atoms with van der Waals surface area (Å²) in [4.78, 5) is 0. The highest BCUT2D eigenvalue weighted by Gasteiger charge is 2.26. The van der Waals surface area contributed by atoms with Crippen molar-refractivity contribution >= 4 is 0 Å². The predicted octanol–water partition coefficient (Wildman–Crippen LogP) is 7.01. The molecule has 1 nitrogen and oxygen atoms in total. The third kappa shape index (κ3) is 8.01. The largest absolute Gasteiger partial charge is 0.392 e. The minimum Gasteiger partial charge on any atom is -0.392 e. The van der Waals surface area contributed by atoms with Crippen LogP contribution < -0.4 is 0 Å². The standard InChI is InChI=1S/C25H36O/c1-20(11-7-8-12-22(3)19-26)13-9-14-21(2)16-17-24-23(4)15-10-18-25(24,5)6/h7-9,11-14,16-17,26H,10,15,18-19H2,1-6H3/b8-7+,13-9+,17-16+,20-11+,21-14+,22-12+. The van der Waals surface area contributed by atoms with Crippen LogP contribution in [0.5, 0.6) is 0 Å².